The molecule has 0 amide bonds. The van der Waals surface area contributed by atoms with Crippen molar-refractivity contribution in [2.24, 2.45) is 0 Å². The molecule has 2 nitrogen and oxygen atoms in total. The maximum absolute atomic E-state index is 9.74. The molecule has 0 saturated carbocycles. The molecule has 0 aromatic heterocycles. The van der Waals surface area contributed by atoms with Gasteiger partial charge in [-0.25, -0.2) is 0 Å². The van der Waals surface area contributed by atoms with E-state index in [0.717, 1.165) is 5.69 Å². The van der Waals surface area contributed by atoms with Gasteiger partial charge in [0, 0.05) is 0 Å². The molecule has 1 N–H and O–H groups in total. The first-order valence-corrected chi connectivity index (χ1v) is 5.10. The number of hydrogen-bond donors (Lipinski definition) is 1. The van der Waals surface area contributed by atoms with Crippen molar-refractivity contribution >= 4 is 5.69 Å². The second-order valence-electron chi connectivity index (χ2n) is 4.19. The van der Waals surface area contributed by atoms with E-state index in [9.17, 15) is 5.21 Å². The first-order valence-electron chi connectivity index (χ1n) is 5.10. The first-order chi connectivity index (χ1) is 6.52. The predicted molar refractivity (Wildman–Crippen MR) is 59.9 cm³/mol. The molecule has 14 heavy (non-hydrogen) atoms. The number of hydrogen-bond acceptors (Lipinski definition) is 2. The van der Waals surface area contributed by atoms with Gasteiger partial charge in [-0.3, -0.25) is 10.3 Å². The molecule has 0 atom stereocenters. The van der Waals surface area contributed by atoms with Crippen LogP contribution in [0, 0.1) is 0 Å². The third-order valence-corrected chi connectivity index (χ3v) is 2.29. The molecule has 0 saturated heterocycles. The van der Waals surface area contributed by atoms with Gasteiger partial charge in [-0.2, -0.15) is 0 Å². The normalized spacial score (nSPS) is 11.1. The van der Waals surface area contributed by atoms with E-state index in [1.165, 1.54) is 10.6 Å². The van der Waals surface area contributed by atoms with E-state index in [4.69, 9.17) is 0 Å². The Bertz CT molecular complexity index is 294. The van der Waals surface area contributed by atoms with E-state index in [-0.39, 0.29) is 6.04 Å². The summed E-state index contributed by atoms with van der Waals surface area (Å²) in [6, 6.07) is 8.13. The molecule has 0 heterocycles. The summed E-state index contributed by atoms with van der Waals surface area (Å²) >= 11 is 0. The van der Waals surface area contributed by atoms with Gasteiger partial charge >= 0.3 is 0 Å². The molecule has 0 unspecified atom stereocenters. The summed E-state index contributed by atoms with van der Waals surface area (Å²) in [7, 11) is 0. The van der Waals surface area contributed by atoms with Crippen LogP contribution in [0.3, 0.4) is 0 Å². The minimum Gasteiger partial charge on any atom is -0.288 e. The Morgan fingerprint density at radius 3 is 2.29 bits per heavy atom. The van der Waals surface area contributed by atoms with Crippen LogP contribution in [0.25, 0.3) is 0 Å². The third-order valence-electron chi connectivity index (χ3n) is 2.29. The maximum atomic E-state index is 9.74. The van der Waals surface area contributed by atoms with Crippen LogP contribution in [-0.2, 0) is 0 Å². The lowest BCUT2D eigenvalue weighted by atomic mass is 10.0. The number of benzene rings is 1. The summed E-state index contributed by atoms with van der Waals surface area (Å²) in [6.07, 6.45) is 0. The fourth-order valence-corrected chi connectivity index (χ4v) is 1.32. The molecule has 0 spiro atoms. The zero-order chi connectivity index (χ0) is 10.7. The van der Waals surface area contributed by atoms with Crippen LogP contribution in [0.4, 0.5) is 5.69 Å². The number of rotatable bonds is 3. The van der Waals surface area contributed by atoms with Gasteiger partial charge in [-0.1, -0.05) is 26.0 Å². The van der Waals surface area contributed by atoms with Crippen molar-refractivity contribution in [3.05, 3.63) is 29.8 Å². The summed E-state index contributed by atoms with van der Waals surface area (Å²) in [5, 5.41) is 11.0. The fourth-order valence-electron chi connectivity index (χ4n) is 1.32. The first kappa shape index (κ1) is 11.1. The van der Waals surface area contributed by atoms with Crippen LogP contribution in [0.5, 0.6) is 0 Å². The highest BCUT2D eigenvalue weighted by Gasteiger charge is 2.08. The lowest BCUT2D eigenvalue weighted by Crippen LogP contribution is -2.26. The molecule has 0 radical (unpaired) electrons. The topological polar surface area (TPSA) is 23.5 Å². The van der Waals surface area contributed by atoms with Crippen LogP contribution in [-0.4, -0.2) is 11.2 Å². The van der Waals surface area contributed by atoms with Crippen molar-refractivity contribution in [2.75, 3.05) is 5.06 Å². The minimum absolute atomic E-state index is 0.109. The second-order valence-corrected chi connectivity index (χ2v) is 4.19. The lowest BCUT2D eigenvalue weighted by molar-refractivity contribution is 0.229. The Balaban J connectivity index is 2.93. The van der Waals surface area contributed by atoms with Crippen molar-refractivity contribution in [3.8, 4) is 0 Å². The highest BCUT2D eigenvalue weighted by molar-refractivity contribution is 5.47. The molecule has 0 bridgehead atoms. The van der Waals surface area contributed by atoms with Crippen molar-refractivity contribution in [2.45, 2.75) is 39.7 Å². The Kier molecular flexibility index (Phi) is 3.53. The van der Waals surface area contributed by atoms with Crippen LogP contribution in [0.15, 0.2) is 24.3 Å². The van der Waals surface area contributed by atoms with E-state index < -0.39 is 0 Å². The van der Waals surface area contributed by atoms with E-state index in [1.54, 1.807) is 0 Å². The standard InChI is InChI=1S/C12H19NO/c1-9(2)11-6-5-7-12(8-11)13(14)10(3)4/h5-10,14H,1-4H3. The van der Waals surface area contributed by atoms with E-state index >= 15 is 0 Å². The van der Waals surface area contributed by atoms with Crippen molar-refractivity contribution in [1.82, 2.24) is 0 Å². The molecule has 1 aromatic carbocycles. The summed E-state index contributed by atoms with van der Waals surface area (Å²) in [6.45, 7) is 8.22. The molecule has 0 fully saturated rings. The van der Waals surface area contributed by atoms with Gasteiger partial charge in [0.15, 0.2) is 0 Å². The van der Waals surface area contributed by atoms with E-state index in [2.05, 4.69) is 19.9 Å². The molecular weight excluding hydrogens is 174 g/mol. The average Bonchev–Trinajstić information content (AvgIpc) is 2.16. The van der Waals surface area contributed by atoms with Gasteiger partial charge in [-0.05, 0) is 37.5 Å². The molecule has 1 rings (SSSR count). The molecule has 0 aliphatic rings. The van der Waals surface area contributed by atoms with Crippen molar-refractivity contribution in [1.29, 1.82) is 0 Å². The van der Waals surface area contributed by atoms with Gasteiger partial charge < -0.3 is 0 Å². The number of anilines is 1. The van der Waals surface area contributed by atoms with Crippen molar-refractivity contribution < 1.29 is 5.21 Å². The molecule has 1 aromatic rings. The lowest BCUT2D eigenvalue weighted by Gasteiger charge is -2.22. The SMILES string of the molecule is CC(C)c1cccc(N(O)C(C)C)c1. The van der Waals surface area contributed by atoms with Gasteiger partial charge in [0.25, 0.3) is 0 Å². The Hall–Kier alpha value is -1.02. The van der Waals surface area contributed by atoms with E-state index in [0.29, 0.717) is 5.92 Å². The molecular formula is C12H19NO. The molecule has 2 heteroatoms. The highest BCUT2D eigenvalue weighted by Crippen LogP contribution is 2.21. The van der Waals surface area contributed by atoms with E-state index in [1.807, 2.05) is 32.0 Å². The van der Waals surface area contributed by atoms with Crippen LogP contribution in [0.1, 0.15) is 39.2 Å². The zero-order valence-electron chi connectivity index (χ0n) is 9.36. The van der Waals surface area contributed by atoms with Gasteiger partial charge in [0.1, 0.15) is 0 Å². The second kappa shape index (κ2) is 4.47. The monoisotopic (exact) mass is 193 g/mol. The molecule has 0 aliphatic carbocycles. The average molecular weight is 193 g/mol. The summed E-state index contributed by atoms with van der Waals surface area (Å²) in [5.74, 6) is 0.496. The number of hydroxylamine groups is 1. The van der Waals surface area contributed by atoms with Crippen LogP contribution >= 0.6 is 0 Å². The highest BCUT2D eigenvalue weighted by atomic mass is 16.5. The summed E-state index contributed by atoms with van der Waals surface area (Å²) in [4.78, 5) is 0. The Morgan fingerprint density at radius 2 is 1.79 bits per heavy atom. The predicted octanol–water partition coefficient (Wildman–Crippen LogP) is 3.41. The summed E-state index contributed by atoms with van der Waals surface area (Å²) < 4.78 is 0. The van der Waals surface area contributed by atoms with Gasteiger partial charge in [0.05, 0.1) is 11.7 Å². The smallest absolute Gasteiger partial charge is 0.0640 e. The summed E-state index contributed by atoms with van der Waals surface area (Å²) in [5.41, 5.74) is 2.12. The fraction of sp³-hybridized carbons (Fsp3) is 0.500. The maximum Gasteiger partial charge on any atom is 0.0640 e. The Labute approximate surface area is 86.1 Å². The third kappa shape index (κ3) is 2.48. The zero-order valence-corrected chi connectivity index (χ0v) is 9.36. The van der Waals surface area contributed by atoms with Crippen molar-refractivity contribution in [3.63, 3.8) is 0 Å². The Morgan fingerprint density at radius 1 is 1.14 bits per heavy atom. The van der Waals surface area contributed by atoms with Crippen LogP contribution in [0.2, 0.25) is 0 Å². The van der Waals surface area contributed by atoms with Crippen LogP contribution < -0.4 is 5.06 Å². The molecule has 78 valence electrons. The minimum atomic E-state index is 0.109. The molecule has 0 aliphatic heterocycles. The van der Waals surface area contributed by atoms with Gasteiger partial charge in [-0.15, -0.1) is 0 Å². The number of nitrogens with zero attached hydrogens (tertiary/aromatic N) is 1. The van der Waals surface area contributed by atoms with Gasteiger partial charge in [0.2, 0.25) is 0 Å². The quantitative estimate of drug-likeness (QED) is 0.743. The largest absolute Gasteiger partial charge is 0.288 e.